The van der Waals surface area contributed by atoms with E-state index in [-0.39, 0.29) is 5.69 Å². The largest absolute Gasteiger partial charge is 0.476 e. The lowest BCUT2D eigenvalue weighted by Crippen LogP contribution is -1.99. The van der Waals surface area contributed by atoms with Crippen molar-refractivity contribution < 1.29 is 9.90 Å². The second kappa shape index (κ2) is 3.98. The molecule has 0 unspecified atom stereocenters. The van der Waals surface area contributed by atoms with Gasteiger partial charge in [-0.05, 0) is 25.1 Å². The van der Waals surface area contributed by atoms with E-state index in [1.54, 1.807) is 17.8 Å². The fourth-order valence-electron chi connectivity index (χ4n) is 2.27. The van der Waals surface area contributed by atoms with Crippen LogP contribution in [0.4, 0.5) is 0 Å². The van der Waals surface area contributed by atoms with E-state index in [0.29, 0.717) is 0 Å². The van der Waals surface area contributed by atoms with Gasteiger partial charge >= 0.3 is 5.97 Å². The molecular weight excluding hydrogens is 242 g/mol. The maximum atomic E-state index is 11.0. The number of hydrogen-bond acceptors (Lipinski definition) is 2. The van der Waals surface area contributed by atoms with Crippen LogP contribution in [-0.4, -0.2) is 25.8 Å². The predicted octanol–water partition coefficient (Wildman–Crippen LogP) is 2.58. The molecule has 0 fully saturated rings. The van der Waals surface area contributed by atoms with Crippen LogP contribution in [0.15, 0.2) is 30.5 Å². The molecule has 2 N–H and O–H groups in total. The van der Waals surface area contributed by atoms with Crippen molar-refractivity contribution in [1.29, 1.82) is 0 Å². The van der Waals surface area contributed by atoms with Crippen LogP contribution in [-0.2, 0) is 7.05 Å². The summed E-state index contributed by atoms with van der Waals surface area (Å²) in [7, 11) is 1.75. The van der Waals surface area contributed by atoms with Crippen LogP contribution >= 0.6 is 0 Å². The Balaban J connectivity index is 2.24. The van der Waals surface area contributed by atoms with Gasteiger partial charge in [-0.15, -0.1) is 0 Å². The fourth-order valence-corrected chi connectivity index (χ4v) is 2.27. The first kappa shape index (κ1) is 11.5. The summed E-state index contributed by atoms with van der Waals surface area (Å²) < 4.78 is 1.59. The van der Waals surface area contributed by atoms with Gasteiger partial charge in [-0.25, -0.2) is 4.79 Å². The second-order valence-corrected chi connectivity index (χ2v) is 4.59. The summed E-state index contributed by atoms with van der Waals surface area (Å²) in [5.74, 6) is -1.02. The number of aryl methyl sites for hydroxylation is 2. The van der Waals surface area contributed by atoms with Crippen molar-refractivity contribution in [2.75, 3.05) is 0 Å². The monoisotopic (exact) mass is 255 g/mol. The average molecular weight is 255 g/mol. The van der Waals surface area contributed by atoms with Crippen molar-refractivity contribution in [1.82, 2.24) is 14.8 Å². The predicted molar refractivity (Wildman–Crippen MR) is 72.2 cm³/mol. The number of benzene rings is 1. The minimum Gasteiger partial charge on any atom is -0.476 e. The summed E-state index contributed by atoms with van der Waals surface area (Å²) in [6, 6.07) is 7.72. The Morgan fingerprint density at radius 3 is 2.84 bits per heavy atom. The number of carbonyl (C=O) groups is 1. The molecule has 0 radical (unpaired) electrons. The summed E-state index contributed by atoms with van der Waals surface area (Å²) in [4.78, 5) is 14.2. The van der Waals surface area contributed by atoms with E-state index < -0.39 is 5.97 Å². The Morgan fingerprint density at radius 2 is 2.16 bits per heavy atom. The fraction of sp³-hybridized carbons (Fsp3) is 0.143. The summed E-state index contributed by atoms with van der Waals surface area (Å²) >= 11 is 0. The van der Waals surface area contributed by atoms with Crippen LogP contribution in [0.2, 0.25) is 0 Å². The molecule has 19 heavy (non-hydrogen) atoms. The van der Waals surface area contributed by atoms with Crippen molar-refractivity contribution in [2.24, 2.45) is 7.05 Å². The van der Waals surface area contributed by atoms with E-state index in [9.17, 15) is 4.79 Å². The zero-order valence-corrected chi connectivity index (χ0v) is 10.6. The zero-order valence-electron chi connectivity index (χ0n) is 10.6. The van der Waals surface area contributed by atoms with E-state index in [0.717, 1.165) is 27.7 Å². The first-order valence-corrected chi connectivity index (χ1v) is 5.91. The van der Waals surface area contributed by atoms with Crippen LogP contribution in [0.3, 0.4) is 0 Å². The highest BCUT2D eigenvalue weighted by Crippen LogP contribution is 2.29. The van der Waals surface area contributed by atoms with Crippen LogP contribution in [0.25, 0.3) is 22.2 Å². The van der Waals surface area contributed by atoms with Gasteiger partial charge < -0.3 is 10.1 Å². The molecule has 1 aromatic carbocycles. The number of carboxylic acid groups (broad SMARTS) is 1. The minimum absolute atomic E-state index is 0.0551. The number of H-pyrrole nitrogens is 1. The molecule has 0 saturated heterocycles. The first-order chi connectivity index (χ1) is 9.06. The van der Waals surface area contributed by atoms with Crippen molar-refractivity contribution in [3.63, 3.8) is 0 Å². The van der Waals surface area contributed by atoms with E-state index in [1.165, 1.54) is 0 Å². The molecule has 0 aliphatic rings. The molecule has 5 nitrogen and oxygen atoms in total. The summed E-state index contributed by atoms with van der Waals surface area (Å²) in [6.45, 7) is 2.03. The van der Waals surface area contributed by atoms with E-state index >= 15 is 0 Å². The highest BCUT2D eigenvalue weighted by atomic mass is 16.4. The number of hydrogen-bond donors (Lipinski definition) is 2. The van der Waals surface area contributed by atoms with Gasteiger partial charge in [0, 0.05) is 29.7 Å². The third kappa shape index (κ3) is 1.79. The Hall–Kier alpha value is -2.56. The van der Waals surface area contributed by atoms with Crippen LogP contribution in [0.1, 0.15) is 16.1 Å². The van der Waals surface area contributed by atoms with Gasteiger partial charge in [0.05, 0.1) is 5.69 Å². The number of aromatic carboxylic acids is 1. The number of nitrogens with one attached hydrogen (secondary N) is 1. The maximum absolute atomic E-state index is 11.0. The van der Waals surface area contributed by atoms with E-state index in [2.05, 4.69) is 16.1 Å². The van der Waals surface area contributed by atoms with Gasteiger partial charge in [0.2, 0.25) is 0 Å². The SMILES string of the molecule is Cc1ccc2[nH]cc(-c3cc(C(=O)O)nn3C)c2c1. The number of fused-ring (bicyclic) bond motifs is 1. The van der Waals surface area contributed by atoms with Crippen LogP contribution < -0.4 is 0 Å². The first-order valence-electron chi connectivity index (χ1n) is 5.91. The Labute approximate surface area is 109 Å². The Kier molecular flexibility index (Phi) is 2.41. The third-order valence-corrected chi connectivity index (χ3v) is 3.21. The van der Waals surface area contributed by atoms with E-state index in [1.807, 2.05) is 25.3 Å². The molecule has 3 aromatic rings. The van der Waals surface area contributed by atoms with Crippen molar-refractivity contribution in [3.05, 3.63) is 41.7 Å². The lowest BCUT2D eigenvalue weighted by atomic mass is 10.1. The van der Waals surface area contributed by atoms with Crippen molar-refractivity contribution in [3.8, 4) is 11.3 Å². The number of rotatable bonds is 2. The van der Waals surface area contributed by atoms with Gasteiger partial charge in [0.25, 0.3) is 0 Å². The van der Waals surface area contributed by atoms with Gasteiger partial charge in [-0.1, -0.05) is 11.6 Å². The minimum atomic E-state index is -1.02. The van der Waals surface area contributed by atoms with Gasteiger partial charge in [0.15, 0.2) is 5.69 Å². The molecule has 5 heteroatoms. The smallest absolute Gasteiger partial charge is 0.356 e. The molecule has 2 aromatic heterocycles. The highest BCUT2D eigenvalue weighted by molar-refractivity contribution is 5.96. The Morgan fingerprint density at radius 1 is 1.37 bits per heavy atom. The molecule has 3 rings (SSSR count). The maximum Gasteiger partial charge on any atom is 0.356 e. The zero-order chi connectivity index (χ0) is 13.6. The number of carboxylic acids is 1. The molecule has 0 bridgehead atoms. The second-order valence-electron chi connectivity index (χ2n) is 4.59. The molecule has 0 atom stereocenters. The molecule has 96 valence electrons. The average Bonchev–Trinajstić information content (AvgIpc) is 2.92. The molecule has 0 aliphatic heterocycles. The van der Waals surface area contributed by atoms with Crippen molar-refractivity contribution >= 4 is 16.9 Å². The number of aromatic nitrogens is 3. The third-order valence-electron chi connectivity index (χ3n) is 3.21. The standard InChI is InChI=1S/C14H13N3O2/c1-8-3-4-11-9(5-8)10(7-15-11)13-6-12(14(18)19)16-17(13)2/h3-7,15H,1-2H3,(H,18,19). The lowest BCUT2D eigenvalue weighted by Gasteiger charge is -2.00. The van der Waals surface area contributed by atoms with Gasteiger partial charge in [-0.3, -0.25) is 4.68 Å². The van der Waals surface area contributed by atoms with Crippen molar-refractivity contribution in [2.45, 2.75) is 6.92 Å². The quantitative estimate of drug-likeness (QED) is 0.739. The molecule has 0 aliphatic carbocycles. The van der Waals surface area contributed by atoms with Crippen LogP contribution in [0.5, 0.6) is 0 Å². The van der Waals surface area contributed by atoms with Crippen LogP contribution in [0, 0.1) is 6.92 Å². The number of nitrogens with zero attached hydrogens (tertiary/aromatic N) is 2. The van der Waals surface area contributed by atoms with Gasteiger partial charge in [-0.2, -0.15) is 5.10 Å². The number of aromatic amines is 1. The normalized spacial score (nSPS) is 11.1. The summed E-state index contributed by atoms with van der Waals surface area (Å²) in [6.07, 6.45) is 1.88. The molecule has 0 saturated carbocycles. The highest BCUT2D eigenvalue weighted by Gasteiger charge is 2.15. The molecular formula is C14H13N3O2. The van der Waals surface area contributed by atoms with Gasteiger partial charge in [0.1, 0.15) is 0 Å². The topological polar surface area (TPSA) is 70.9 Å². The molecule has 0 amide bonds. The summed E-state index contributed by atoms with van der Waals surface area (Å²) in [5.41, 5.74) is 3.99. The molecule has 0 spiro atoms. The Bertz CT molecular complexity index is 783. The van der Waals surface area contributed by atoms with E-state index in [4.69, 9.17) is 5.11 Å². The lowest BCUT2D eigenvalue weighted by molar-refractivity contribution is 0.0689. The molecule has 2 heterocycles. The summed E-state index contributed by atoms with van der Waals surface area (Å²) in [5, 5.41) is 14.1.